The van der Waals surface area contributed by atoms with Crippen LogP contribution >= 0.6 is 0 Å². The van der Waals surface area contributed by atoms with E-state index in [1.165, 1.54) is 0 Å². The van der Waals surface area contributed by atoms with Crippen LogP contribution < -0.4 is 5.32 Å². The number of nitrogens with one attached hydrogen (secondary N) is 1. The first-order chi connectivity index (χ1) is 6.06. The topological polar surface area (TPSA) is 41.5 Å². The summed E-state index contributed by atoms with van der Waals surface area (Å²) in [6.45, 7) is 7.41. The molecule has 13 heavy (non-hydrogen) atoms. The maximum Gasteiger partial charge on any atom is 0.0897 e. The fourth-order valence-electron chi connectivity index (χ4n) is 1.30. The van der Waals surface area contributed by atoms with E-state index in [1.807, 2.05) is 14.0 Å². The molecular formula is C10H23NO2. The minimum absolute atomic E-state index is 0.242. The molecule has 3 heteroatoms. The number of aliphatic hydroxyl groups excluding tert-OH is 1. The third-order valence-electron chi connectivity index (χ3n) is 1.82. The average molecular weight is 189 g/mol. The first-order valence-corrected chi connectivity index (χ1v) is 5.00. The molecule has 0 aromatic carbocycles. The van der Waals surface area contributed by atoms with Crippen molar-refractivity contribution < 1.29 is 9.84 Å². The molecule has 0 saturated heterocycles. The number of rotatable bonds is 7. The summed E-state index contributed by atoms with van der Waals surface area (Å²) >= 11 is 0. The Morgan fingerprint density at radius 2 is 1.92 bits per heavy atom. The van der Waals surface area contributed by atoms with Gasteiger partial charge < -0.3 is 15.2 Å². The highest BCUT2D eigenvalue weighted by molar-refractivity contribution is 4.59. The normalized spacial score (nSPS) is 16.2. The van der Waals surface area contributed by atoms with E-state index in [1.54, 1.807) is 0 Å². The van der Waals surface area contributed by atoms with Gasteiger partial charge in [-0.15, -0.1) is 0 Å². The zero-order chi connectivity index (χ0) is 10.3. The second-order valence-corrected chi connectivity index (χ2v) is 3.99. The van der Waals surface area contributed by atoms with E-state index in [4.69, 9.17) is 4.74 Å². The van der Waals surface area contributed by atoms with E-state index in [2.05, 4.69) is 19.2 Å². The predicted octanol–water partition coefficient (Wildman–Crippen LogP) is 1.02. The van der Waals surface area contributed by atoms with Crippen LogP contribution in [0.25, 0.3) is 0 Å². The summed E-state index contributed by atoms with van der Waals surface area (Å²) in [5, 5.41) is 12.2. The summed E-state index contributed by atoms with van der Waals surface area (Å²) in [6, 6.07) is 0. The van der Waals surface area contributed by atoms with E-state index >= 15 is 0 Å². The molecule has 2 atom stereocenters. The molecule has 2 N–H and O–H groups in total. The SMILES string of the molecule is CNCC(O)COC(C)CC(C)C. The van der Waals surface area contributed by atoms with Crippen molar-refractivity contribution in [3.8, 4) is 0 Å². The Morgan fingerprint density at radius 1 is 1.31 bits per heavy atom. The molecule has 0 aromatic rings. The van der Waals surface area contributed by atoms with Gasteiger partial charge in [0.25, 0.3) is 0 Å². The highest BCUT2D eigenvalue weighted by atomic mass is 16.5. The summed E-state index contributed by atoms with van der Waals surface area (Å²) in [5.74, 6) is 0.649. The molecule has 0 fully saturated rings. The third-order valence-corrected chi connectivity index (χ3v) is 1.82. The molecule has 0 bridgehead atoms. The second kappa shape index (κ2) is 7.30. The molecule has 0 aliphatic heterocycles. The molecule has 0 saturated carbocycles. The molecule has 0 radical (unpaired) electrons. The van der Waals surface area contributed by atoms with Crippen molar-refractivity contribution in [3.63, 3.8) is 0 Å². The van der Waals surface area contributed by atoms with Gasteiger partial charge in [0.15, 0.2) is 0 Å². The first kappa shape index (κ1) is 12.9. The summed E-state index contributed by atoms with van der Waals surface area (Å²) < 4.78 is 5.48. The molecule has 0 heterocycles. The quantitative estimate of drug-likeness (QED) is 0.628. The molecule has 0 aliphatic rings. The Balaban J connectivity index is 3.40. The lowest BCUT2D eigenvalue weighted by molar-refractivity contribution is -0.00791. The van der Waals surface area contributed by atoms with E-state index in [9.17, 15) is 5.11 Å². The highest BCUT2D eigenvalue weighted by Gasteiger charge is 2.08. The minimum Gasteiger partial charge on any atom is -0.389 e. The van der Waals surface area contributed by atoms with Gasteiger partial charge in [0.1, 0.15) is 0 Å². The van der Waals surface area contributed by atoms with Gasteiger partial charge in [-0.25, -0.2) is 0 Å². The molecule has 0 aromatic heterocycles. The molecule has 0 spiro atoms. The summed E-state index contributed by atoms with van der Waals surface area (Å²) in [7, 11) is 1.82. The van der Waals surface area contributed by atoms with Gasteiger partial charge in [-0.3, -0.25) is 0 Å². The Kier molecular flexibility index (Phi) is 7.23. The molecule has 0 rings (SSSR count). The molecule has 80 valence electrons. The van der Waals surface area contributed by atoms with Crippen molar-refractivity contribution >= 4 is 0 Å². The van der Waals surface area contributed by atoms with Crippen molar-refractivity contribution in [2.45, 2.75) is 39.4 Å². The standard InChI is InChI=1S/C10H23NO2/c1-8(2)5-9(3)13-7-10(12)6-11-4/h8-12H,5-7H2,1-4H3. The van der Waals surface area contributed by atoms with Crippen LogP contribution in [0.4, 0.5) is 0 Å². The summed E-state index contributed by atoms with van der Waals surface area (Å²) in [4.78, 5) is 0. The van der Waals surface area contributed by atoms with Crippen molar-refractivity contribution in [2.75, 3.05) is 20.2 Å². The average Bonchev–Trinajstić information content (AvgIpc) is 2.00. The maximum atomic E-state index is 9.34. The second-order valence-electron chi connectivity index (χ2n) is 3.99. The van der Waals surface area contributed by atoms with Crippen LogP contribution in [0.15, 0.2) is 0 Å². The van der Waals surface area contributed by atoms with E-state index in [0.29, 0.717) is 19.1 Å². The van der Waals surface area contributed by atoms with Gasteiger partial charge in [-0.2, -0.15) is 0 Å². The Bertz CT molecular complexity index is 117. The first-order valence-electron chi connectivity index (χ1n) is 5.00. The molecule has 0 amide bonds. The van der Waals surface area contributed by atoms with Gasteiger partial charge in [-0.05, 0) is 26.3 Å². The van der Waals surface area contributed by atoms with Crippen LogP contribution in [0.5, 0.6) is 0 Å². The van der Waals surface area contributed by atoms with Crippen LogP contribution in [0.1, 0.15) is 27.2 Å². The lowest BCUT2D eigenvalue weighted by Gasteiger charge is -2.17. The molecule has 3 nitrogen and oxygen atoms in total. The lowest BCUT2D eigenvalue weighted by Crippen LogP contribution is -2.29. The number of aliphatic hydroxyl groups is 1. The van der Waals surface area contributed by atoms with Crippen molar-refractivity contribution in [2.24, 2.45) is 5.92 Å². The Morgan fingerprint density at radius 3 is 2.38 bits per heavy atom. The minimum atomic E-state index is -0.389. The Labute approximate surface area is 81.5 Å². The molecule has 0 aliphatic carbocycles. The largest absolute Gasteiger partial charge is 0.389 e. The van der Waals surface area contributed by atoms with E-state index < -0.39 is 0 Å². The molecular weight excluding hydrogens is 166 g/mol. The fourth-order valence-corrected chi connectivity index (χ4v) is 1.30. The van der Waals surface area contributed by atoms with Gasteiger partial charge >= 0.3 is 0 Å². The lowest BCUT2D eigenvalue weighted by atomic mass is 10.1. The number of hydrogen-bond donors (Lipinski definition) is 2. The van der Waals surface area contributed by atoms with Gasteiger partial charge in [0.2, 0.25) is 0 Å². The predicted molar refractivity (Wildman–Crippen MR) is 54.8 cm³/mol. The third kappa shape index (κ3) is 8.22. The van der Waals surface area contributed by atoms with Gasteiger partial charge in [0, 0.05) is 6.54 Å². The van der Waals surface area contributed by atoms with Crippen molar-refractivity contribution in [1.82, 2.24) is 5.32 Å². The Hall–Kier alpha value is -0.120. The highest BCUT2D eigenvalue weighted by Crippen LogP contribution is 2.07. The number of likely N-dealkylation sites (N-methyl/N-ethyl adjacent to an activating group) is 1. The summed E-state index contributed by atoms with van der Waals surface area (Å²) in [6.07, 6.45) is 0.901. The zero-order valence-electron chi connectivity index (χ0n) is 9.21. The smallest absolute Gasteiger partial charge is 0.0897 e. The van der Waals surface area contributed by atoms with Gasteiger partial charge in [0.05, 0.1) is 18.8 Å². The van der Waals surface area contributed by atoms with Crippen LogP contribution in [-0.2, 0) is 4.74 Å². The van der Waals surface area contributed by atoms with E-state index in [0.717, 1.165) is 6.42 Å². The molecule has 2 unspecified atom stereocenters. The van der Waals surface area contributed by atoms with Crippen LogP contribution in [0, 0.1) is 5.92 Å². The van der Waals surface area contributed by atoms with Crippen molar-refractivity contribution in [1.29, 1.82) is 0 Å². The maximum absolute atomic E-state index is 9.34. The van der Waals surface area contributed by atoms with E-state index in [-0.39, 0.29) is 12.2 Å². The van der Waals surface area contributed by atoms with Crippen LogP contribution in [-0.4, -0.2) is 37.5 Å². The zero-order valence-corrected chi connectivity index (χ0v) is 9.21. The van der Waals surface area contributed by atoms with Crippen LogP contribution in [0.3, 0.4) is 0 Å². The monoisotopic (exact) mass is 189 g/mol. The fraction of sp³-hybridized carbons (Fsp3) is 1.00. The van der Waals surface area contributed by atoms with Crippen molar-refractivity contribution in [3.05, 3.63) is 0 Å². The van der Waals surface area contributed by atoms with Crippen LogP contribution in [0.2, 0.25) is 0 Å². The number of ether oxygens (including phenoxy) is 1. The van der Waals surface area contributed by atoms with Gasteiger partial charge in [-0.1, -0.05) is 13.8 Å². The number of hydrogen-bond acceptors (Lipinski definition) is 3. The summed E-state index contributed by atoms with van der Waals surface area (Å²) in [5.41, 5.74) is 0.